The third-order valence-electron chi connectivity index (χ3n) is 4.22. The van der Waals surface area contributed by atoms with Crippen molar-refractivity contribution in [2.24, 2.45) is 5.73 Å². The second-order valence-electron chi connectivity index (χ2n) is 6.25. The van der Waals surface area contributed by atoms with Gasteiger partial charge in [-0.2, -0.15) is 0 Å². The van der Waals surface area contributed by atoms with Crippen LogP contribution in [0.3, 0.4) is 0 Å². The molecular weight excluding hydrogens is 346 g/mol. The van der Waals surface area contributed by atoms with E-state index in [0.29, 0.717) is 12.4 Å². The van der Waals surface area contributed by atoms with Crippen LogP contribution < -0.4 is 10.5 Å². The number of benzene rings is 2. The highest BCUT2D eigenvalue weighted by Gasteiger charge is 2.16. The molecule has 0 fully saturated rings. The molecule has 7 heteroatoms. The summed E-state index contributed by atoms with van der Waals surface area (Å²) in [5.41, 5.74) is 7.84. The number of hydrogen-bond donors (Lipinski definition) is 2. The molecule has 0 aliphatic heterocycles. The van der Waals surface area contributed by atoms with E-state index < -0.39 is 12.0 Å². The molecule has 0 bridgehead atoms. The number of ether oxygens (including phenoxy) is 2. The third-order valence-corrected chi connectivity index (χ3v) is 4.22. The molecule has 1 amide bonds. The van der Waals surface area contributed by atoms with E-state index in [9.17, 15) is 9.90 Å². The molecule has 0 aliphatic rings. The first-order valence-corrected chi connectivity index (χ1v) is 8.68. The van der Waals surface area contributed by atoms with Gasteiger partial charge in [-0.15, -0.1) is 0 Å². The Bertz CT molecular complexity index is 922. The van der Waals surface area contributed by atoms with Gasteiger partial charge >= 0.3 is 0 Å². The summed E-state index contributed by atoms with van der Waals surface area (Å²) in [6.45, 7) is 0.732. The molecule has 3 aromatic rings. The summed E-state index contributed by atoms with van der Waals surface area (Å²) < 4.78 is 12.8. The number of methoxy groups -OCH3 is 1. The number of carbonyl (C=O) groups excluding carboxylic acids is 1. The van der Waals surface area contributed by atoms with E-state index in [4.69, 9.17) is 15.2 Å². The predicted molar refractivity (Wildman–Crippen MR) is 101 cm³/mol. The number of fused-ring (bicyclic) bond motifs is 1. The van der Waals surface area contributed by atoms with E-state index in [1.165, 1.54) is 0 Å². The normalized spacial score (nSPS) is 12.2. The molecule has 1 heterocycles. The molecular formula is C20H23N3O4. The molecule has 0 saturated carbocycles. The Hall–Kier alpha value is -2.90. The van der Waals surface area contributed by atoms with Crippen molar-refractivity contribution in [2.45, 2.75) is 25.7 Å². The predicted octanol–water partition coefficient (Wildman–Crippen LogP) is 1.65. The van der Waals surface area contributed by atoms with E-state index >= 15 is 0 Å². The molecule has 0 saturated heterocycles. The fourth-order valence-electron chi connectivity index (χ4n) is 3.01. The largest absolute Gasteiger partial charge is 0.496 e. The van der Waals surface area contributed by atoms with Crippen LogP contribution in [-0.2, 0) is 29.1 Å². The number of nitrogens with zero attached hydrogens (tertiary/aromatic N) is 2. The monoisotopic (exact) mass is 369 g/mol. The lowest BCUT2D eigenvalue weighted by Gasteiger charge is -2.15. The van der Waals surface area contributed by atoms with Crippen LogP contribution in [0.15, 0.2) is 48.5 Å². The maximum absolute atomic E-state index is 11.3. The number of aliphatic hydroxyl groups excluding tert-OH is 1. The van der Waals surface area contributed by atoms with Gasteiger partial charge in [0, 0.05) is 5.56 Å². The van der Waals surface area contributed by atoms with Gasteiger partial charge < -0.3 is 24.9 Å². The fourth-order valence-corrected chi connectivity index (χ4v) is 3.01. The zero-order valence-corrected chi connectivity index (χ0v) is 15.2. The third kappa shape index (κ3) is 4.64. The minimum atomic E-state index is -0.760. The average Bonchev–Trinajstić information content (AvgIpc) is 2.98. The lowest BCUT2D eigenvalue weighted by molar-refractivity contribution is -0.117. The molecule has 142 valence electrons. The van der Waals surface area contributed by atoms with Crippen molar-refractivity contribution in [1.29, 1.82) is 0 Å². The number of carbonyl (C=O) groups is 1. The zero-order chi connectivity index (χ0) is 19.2. The maximum atomic E-state index is 11.3. The second kappa shape index (κ2) is 8.66. The maximum Gasteiger partial charge on any atom is 0.225 e. The van der Waals surface area contributed by atoms with Gasteiger partial charge in [-0.3, -0.25) is 4.79 Å². The number of nitrogens with two attached hydrogens (primary N) is 1. The molecule has 0 unspecified atom stereocenters. The molecule has 3 N–H and O–H groups in total. The SMILES string of the molecule is COc1ccccc1COC[C@H](O)Cn1c(CC(N)=O)nc2ccccc21. The molecule has 27 heavy (non-hydrogen) atoms. The molecule has 0 radical (unpaired) electrons. The molecule has 1 aromatic heterocycles. The topological polar surface area (TPSA) is 99.6 Å². The van der Waals surface area contributed by atoms with E-state index in [-0.39, 0.29) is 19.6 Å². The minimum absolute atomic E-state index is 0.0173. The lowest BCUT2D eigenvalue weighted by atomic mass is 10.2. The summed E-state index contributed by atoms with van der Waals surface area (Å²) in [7, 11) is 1.61. The van der Waals surface area contributed by atoms with Crippen LogP contribution in [0.1, 0.15) is 11.4 Å². The van der Waals surface area contributed by atoms with Gasteiger partial charge in [0.2, 0.25) is 5.91 Å². The summed E-state index contributed by atoms with van der Waals surface area (Å²) >= 11 is 0. The molecule has 0 aliphatic carbocycles. The summed E-state index contributed by atoms with van der Waals surface area (Å²) in [6, 6.07) is 15.1. The second-order valence-corrected chi connectivity index (χ2v) is 6.25. The highest BCUT2D eigenvalue weighted by atomic mass is 16.5. The highest BCUT2D eigenvalue weighted by Crippen LogP contribution is 2.19. The molecule has 7 nitrogen and oxygen atoms in total. The first-order valence-electron chi connectivity index (χ1n) is 8.68. The standard InChI is InChI=1S/C20H23N3O4/c1-26-18-9-5-2-6-14(18)12-27-13-15(24)11-23-17-8-4-3-7-16(17)22-20(23)10-19(21)25/h2-9,15,24H,10-13H2,1H3,(H2,21,25)/t15-/m1/s1. The smallest absolute Gasteiger partial charge is 0.225 e. The van der Waals surface area contributed by atoms with Crippen LogP contribution in [0.25, 0.3) is 11.0 Å². The Morgan fingerprint density at radius 1 is 1.22 bits per heavy atom. The summed E-state index contributed by atoms with van der Waals surface area (Å²) in [6.07, 6.45) is -0.743. The Morgan fingerprint density at radius 3 is 2.74 bits per heavy atom. The average molecular weight is 369 g/mol. The number of rotatable bonds is 9. The molecule has 3 rings (SSSR count). The molecule has 2 aromatic carbocycles. The number of imidazole rings is 1. The van der Waals surface area contributed by atoms with Crippen LogP contribution in [0.5, 0.6) is 5.75 Å². The van der Waals surface area contributed by atoms with Crippen molar-refractivity contribution in [3.63, 3.8) is 0 Å². The summed E-state index contributed by atoms with van der Waals surface area (Å²) in [5.74, 6) is 0.817. The van der Waals surface area contributed by atoms with Crippen molar-refractivity contribution in [3.8, 4) is 5.75 Å². The van der Waals surface area contributed by atoms with Crippen LogP contribution >= 0.6 is 0 Å². The number of para-hydroxylation sites is 3. The molecule has 0 spiro atoms. The Labute approximate surface area is 157 Å². The van der Waals surface area contributed by atoms with E-state index in [1.54, 1.807) is 7.11 Å². The van der Waals surface area contributed by atoms with Crippen LogP contribution in [0.4, 0.5) is 0 Å². The van der Waals surface area contributed by atoms with E-state index in [0.717, 1.165) is 22.3 Å². The lowest BCUT2D eigenvalue weighted by Crippen LogP contribution is -2.25. The quantitative estimate of drug-likeness (QED) is 0.597. The van der Waals surface area contributed by atoms with Gasteiger partial charge in [0.15, 0.2) is 0 Å². The Morgan fingerprint density at radius 2 is 1.96 bits per heavy atom. The Balaban J connectivity index is 1.66. The first kappa shape index (κ1) is 18.9. The van der Waals surface area contributed by atoms with Gasteiger partial charge in [-0.25, -0.2) is 4.98 Å². The summed E-state index contributed by atoms with van der Waals surface area (Å²) in [4.78, 5) is 15.8. The zero-order valence-electron chi connectivity index (χ0n) is 15.2. The van der Waals surface area contributed by atoms with Crippen LogP contribution in [0, 0.1) is 0 Å². The van der Waals surface area contributed by atoms with Gasteiger partial charge in [-0.1, -0.05) is 30.3 Å². The van der Waals surface area contributed by atoms with E-state index in [1.807, 2.05) is 53.1 Å². The minimum Gasteiger partial charge on any atom is -0.496 e. The van der Waals surface area contributed by atoms with Crippen molar-refractivity contribution in [3.05, 3.63) is 59.9 Å². The van der Waals surface area contributed by atoms with Crippen molar-refractivity contribution < 1.29 is 19.4 Å². The van der Waals surface area contributed by atoms with E-state index in [2.05, 4.69) is 4.98 Å². The van der Waals surface area contributed by atoms with Gasteiger partial charge in [0.25, 0.3) is 0 Å². The van der Waals surface area contributed by atoms with Crippen molar-refractivity contribution in [2.75, 3.05) is 13.7 Å². The van der Waals surface area contributed by atoms with Crippen molar-refractivity contribution >= 4 is 16.9 Å². The van der Waals surface area contributed by atoms with Gasteiger partial charge in [0.05, 0.1) is 50.4 Å². The number of amides is 1. The number of aromatic nitrogens is 2. The van der Waals surface area contributed by atoms with Crippen LogP contribution in [-0.4, -0.2) is 40.4 Å². The number of aliphatic hydroxyl groups is 1. The van der Waals surface area contributed by atoms with Crippen molar-refractivity contribution in [1.82, 2.24) is 9.55 Å². The first-order chi connectivity index (χ1) is 13.1. The fraction of sp³-hybridized carbons (Fsp3) is 0.300. The molecule has 1 atom stereocenters. The number of hydrogen-bond acceptors (Lipinski definition) is 5. The number of primary amides is 1. The highest BCUT2D eigenvalue weighted by molar-refractivity contribution is 5.80. The summed E-state index contributed by atoms with van der Waals surface area (Å²) in [5, 5.41) is 10.4. The van der Waals surface area contributed by atoms with Crippen LogP contribution in [0.2, 0.25) is 0 Å². The Kier molecular flexibility index (Phi) is 6.05. The van der Waals surface area contributed by atoms with Gasteiger partial charge in [-0.05, 0) is 18.2 Å². The van der Waals surface area contributed by atoms with Gasteiger partial charge in [0.1, 0.15) is 11.6 Å².